The monoisotopic (exact) mass is 349 g/mol. The van der Waals surface area contributed by atoms with E-state index >= 15 is 0 Å². The molecule has 2 amide bonds. The Bertz CT molecular complexity index is 932. The van der Waals surface area contributed by atoms with E-state index in [1.807, 2.05) is 50.2 Å². The van der Waals surface area contributed by atoms with Crippen LogP contribution >= 0.6 is 0 Å². The first-order valence-electron chi connectivity index (χ1n) is 8.48. The zero-order valence-corrected chi connectivity index (χ0v) is 14.6. The van der Waals surface area contributed by atoms with E-state index in [0.717, 1.165) is 11.3 Å². The molecule has 0 bridgehead atoms. The van der Waals surface area contributed by atoms with E-state index in [-0.39, 0.29) is 11.9 Å². The van der Waals surface area contributed by atoms with E-state index < -0.39 is 0 Å². The van der Waals surface area contributed by atoms with Gasteiger partial charge < -0.3 is 14.7 Å². The van der Waals surface area contributed by atoms with E-state index in [1.54, 1.807) is 11.1 Å². The number of amides is 2. The first-order chi connectivity index (χ1) is 12.6. The Morgan fingerprint density at radius 3 is 2.77 bits per heavy atom. The maximum absolute atomic E-state index is 12.3. The molecule has 0 aliphatic carbocycles. The van der Waals surface area contributed by atoms with Crippen LogP contribution in [-0.2, 0) is 0 Å². The van der Waals surface area contributed by atoms with Crippen LogP contribution in [0.15, 0.2) is 47.1 Å². The van der Waals surface area contributed by atoms with Crippen molar-refractivity contribution < 1.29 is 9.32 Å². The topological polar surface area (TPSA) is 84.2 Å². The number of likely N-dealkylation sites (tertiary alicyclic amines) is 1. The molecule has 2 aromatic heterocycles. The van der Waals surface area contributed by atoms with Gasteiger partial charge in [0, 0.05) is 25.0 Å². The van der Waals surface area contributed by atoms with Crippen molar-refractivity contribution in [3.63, 3.8) is 0 Å². The summed E-state index contributed by atoms with van der Waals surface area (Å²) in [6.07, 6.45) is 1.69. The van der Waals surface area contributed by atoms with Crippen molar-refractivity contribution in [2.45, 2.75) is 19.8 Å². The highest BCUT2D eigenvalue weighted by atomic mass is 16.5. The van der Waals surface area contributed by atoms with Gasteiger partial charge in [-0.25, -0.2) is 4.79 Å². The minimum Gasteiger partial charge on any atom is -0.338 e. The molecule has 7 heteroatoms. The number of carbonyl (C=O) groups is 1. The van der Waals surface area contributed by atoms with Crippen molar-refractivity contribution >= 4 is 11.7 Å². The van der Waals surface area contributed by atoms with Gasteiger partial charge in [-0.15, -0.1) is 0 Å². The highest BCUT2D eigenvalue weighted by Crippen LogP contribution is 2.28. The number of rotatable bonds is 3. The largest absolute Gasteiger partial charge is 0.338 e. The molecular formula is C19H19N5O2. The third-order valence-electron chi connectivity index (χ3n) is 4.61. The van der Waals surface area contributed by atoms with Gasteiger partial charge in [-0.1, -0.05) is 17.3 Å². The average molecular weight is 349 g/mol. The molecule has 132 valence electrons. The fourth-order valence-corrected chi connectivity index (χ4v) is 2.82. The van der Waals surface area contributed by atoms with Crippen LogP contribution in [0.25, 0.3) is 11.5 Å². The average Bonchev–Trinajstić information content (AvgIpc) is 3.07. The van der Waals surface area contributed by atoms with Crippen LogP contribution < -0.4 is 5.32 Å². The number of nitrogens with zero attached hydrogens (tertiary/aromatic N) is 4. The summed E-state index contributed by atoms with van der Waals surface area (Å²) in [7, 11) is 0. The van der Waals surface area contributed by atoms with Gasteiger partial charge in [-0.3, -0.25) is 4.98 Å². The Hall–Kier alpha value is -3.22. The summed E-state index contributed by atoms with van der Waals surface area (Å²) in [5.74, 6) is 1.07. The molecule has 1 aliphatic rings. The van der Waals surface area contributed by atoms with E-state index in [4.69, 9.17) is 4.52 Å². The molecule has 0 spiro atoms. The second-order valence-electron chi connectivity index (χ2n) is 6.50. The molecule has 26 heavy (non-hydrogen) atoms. The molecule has 0 radical (unpaired) electrons. The van der Waals surface area contributed by atoms with Crippen LogP contribution in [-0.4, -0.2) is 39.1 Å². The van der Waals surface area contributed by atoms with Gasteiger partial charge in [0.25, 0.3) is 0 Å². The van der Waals surface area contributed by atoms with Gasteiger partial charge >= 0.3 is 6.03 Å². The summed E-state index contributed by atoms with van der Waals surface area (Å²) in [6, 6.07) is 11.3. The molecule has 1 saturated heterocycles. The number of aryl methyl sites for hydroxylation is 2. The number of urea groups is 1. The number of nitrogens with one attached hydrogen (secondary N) is 1. The van der Waals surface area contributed by atoms with Crippen LogP contribution in [0, 0.1) is 13.8 Å². The molecule has 3 aromatic rings. The van der Waals surface area contributed by atoms with E-state index in [9.17, 15) is 4.79 Å². The van der Waals surface area contributed by atoms with E-state index in [1.165, 1.54) is 5.56 Å². The lowest BCUT2D eigenvalue weighted by molar-refractivity contribution is 0.147. The summed E-state index contributed by atoms with van der Waals surface area (Å²) >= 11 is 0. The molecule has 1 aliphatic heterocycles. The van der Waals surface area contributed by atoms with Gasteiger partial charge in [-0.05, 0) is 49.2 Å². The van der Waals surface area contributed by atoms with Gasteiger partial charge in [0.2, 0.25) is 11.7 Å². The molecule has 1 N–H and O–H groups in total. The molecular weight excluding hydrogens is 330 g/mol. The number of hydrogen-bond donors (Lipinski definition) is 1. The summed E-state index contributed by atoms with van der Waals surface area (Å²) in [5, 5.41) is 6.90. The number of hydrogen-bond acceptors (Lipinski definition) is 5. The first-order valence-corrected chi connectivity index (χ1v) is 8.48. The van der Waals surface area contributed by atoms with Crippen LogP contribution in [0.5, 0.6) is 0 Å². The van der Waals surface area contributed by atoms with Crippen molar-refractivity contribution in [3.05, 3.63) is 59.6 Å². The van der Waals surface area contributed by atoms with Crippen LogP contribution in [0.3, 0.4) is 0 Å². The minimum absolute atomic E-state index is 0.0606. The summed E-state index contributed by atoms with van der Waals surface area (Å²) < 4.78 is 5.34. The maximum atomic E-state index is 12.3. The first kappa shape index (κ1) is 16.3. The number of carbonyl (C=O) groups excluding carboxylic acids is 1. The SMILES string of the molecule is Cc1ccc(NC(=O)N2CC(c3nc(-c4ccccn4)no3)C2)cc1C. The zero-order chi connectivity index (χ0) is 18.1. The van der Waals surface area contributed by atoms with Crippen molar-refractivity contribution in [3.8, 4) is 11.5 Å². The predicted octanol–water partition coefficient (Wildman–Crippen LogP) is 3.38. The molecule has 7 nitrogen and oxygen atoms in total. The smallest absolute Gasteiger partial charge is 0.321 e. The lowest BCUT2D eigenvalue weighted by Crippen LogP contribution is -2.50. The molecule has 1 fully saturated rings. The highest BCUT2D eigenvalue weighted by Gasteiger charge is 2.35. The van der Waals surface area contributed by atoms with Crippen molar-refractivity contribution in [2.75, 3.05) is 18.4 Å². The minimum atomic E-state index is -0.117. The maximum Gasteiger partial charge on any atom is 0.321 e. The van der Waals surface area contributed by atoms with Crippen LogP contribution in [0.4, 0.5) is 10.5 Å². The van der Waals surface area contributed by atoms with E-state index in [2.05, 4.69) is 20.4 Å². The Labute approximate surface area is 151 Å². The third kappa shape index (κ3) is 3.15. The molecule has 4 rings (SSSR count). The Kier molecular flexibility index (Phi) is 4.12. The molecule has 0 saturated carbocycles. The number of benzene rings is 1. The fourth-order valence-electron chi connectivity index (χ4n) is 2.82. The van der Waals surface area contributed by atoms with Gasteiger partial charge in [0.1, 0.15) is 5.69 Å². The molecule has 0 atom stereocenters. The second kappa shape index (κ2) is 6.59. The van der Waals surface area contributed by atoms with Crippen molar-refractivity contribution in [2.24, 2.45) is 0 Å². The second-order valence-corrected chi connectivity index (χ2v) is 6.50. The molecule has 1 aromatic carbocycles. The standard InChI is InChI=1S/C19H19N5O2/c1-12-6-7-15(9-13(12)2)21-19(25)24-10-14(11-24)18-22-17(23-26-18)16-5-3-4-8-20-16/h3-9,14H,10-11H2,1-2H3,(H,21,25). The Balaban J connectivity index is 1.36. The zero-order valence-electron chi connectivity index (χ0n) is 14.6. The summed E-state index contributed by atoms with van der Waals surface area (Å²) in [5.41, 5.74) is 3.83. The number of aromatic nitrogens is 3. The molecule has 0 unspecified atom stereocenters. The lowest BCUT2D eigenvalue weighted by Gasteiger charge is -2.36. The summed E-state index contributed by atoms with van der Waals surface area (Å²) in [4.78, 5) is 22.7. The Morgan fingerprint density at radius 1 is 1.19 bits per heavy atom. The normalized spacial score (nSPS) is 14.2. The van der Waals surface area contributed by atoms with Gasteiger partial charge in [0.05, 0.1) is 5.92 Å². The van der Waals surface area contributed by atoms with Crippen LogP contribution in [0.1, 0.15) is 22.9 Å². The number of anilines is 1. The van der Waals surface area contributed by atoms with Crippen molar-refractivity contribution in [1.82, 2.24) is 20.0 Å². The van der Waals surface area contributed by atoms with Gasteiger partial charge in [-0.2, -0.15) is 4.98 Å². The Morgan fingerprint density at radius 2 is 2.04 bits per heavy atom. The van der Waals surface area contributed by atoms with Crippen LogP contribution in [0.2, 0.25) is 0 Å². The van der Waals surface area contributed by atoms with E-state index in [0.29, 0.717) is 30.5 Å². The quantitative estimate of drug-likeness (QED) is 0.783. The highest BCUT2D eigenvalue weighted by molar-refractivity contribution is 5.90. The predicted molar refractivity (Wildman–Crippen MR) is 96.8 cm³/mol. The summed E-state index contributed by atoms with van der Waals surface area (Å²) in [6.45, 7) is 5.19. The number of pyridine rings is 1. The molecule has 3 heterocycles. The van der Waals surface area contributed by atoms with Crippen molar-refractivity contribution in [1.29, 1.82) is 0 Å². The van der Waals surface area contributed by atoms with Gasteiger partial charge in [0.15, 0.2) is 0 Å². The lowest BCUT2D eigenvalue weighted by atomic mass is 10.0. The fraction of sp³-hybridized carbons (Fsp3) is 0.263. The third-order valence-corrected chi connectivity index (χ3v) is 4.61.